The molecule has 30 heavy (non-hydrogen) atoms. The molecular weight excluding hydrogens is 394 g/mol. The Kier molecular flexibility index (Phi) is 7.93. The summed E-state index contributed by atoms with van der Waals surface area (Å²) in [6, 6.07) is -0.154. The van der Waals surface area contributed by atoms with Gasteiger partial charge >= 0.3 is 17.6 Å². The number of nitrogens with two attached hydrogens (primary N) is 3. The maximum Gasteiger partial charge on any atom is 0.351 e. The minimum absolute atomic E-state index is 0.0771. The largest absolute Gasteiger partial charge is 0.462 e. The predicted octanol–water partition coefficient (Wildman–Crippen LogP) is -0.465. The van der Waals surface area contributed by atoms with Crippen LogP contribution in [0, 0.1) is 11.8 Å². The van der Waals surface area contributed by atoms with Crippen LogP contribution < -0.4 is 22.9 Å². The van der Waals surface area contributed by atoms with Crippen LogP contribution in [0.5, 0.6) is 0 Å². The Morgan fingerprint density at radius 1 is 1.20 bits per heavy atom. The molecule has 11 heteroatoms. The zero-order valence-electron chi connectivity index (χ0n) is 17.7. The fraction of sp³-hybridized carbons (Fsp3) is 0.684. The van der Waals surface area contributed by atoms with E-state index in [0.717, 1.165) is 0 Å². The first kappa shape index (κ1) is 23.8. The first-order valence-electron chi connectivity index (χ1n) is 9.89. The van der Waals surface area contributed by atoms with Crippen molar-refractivity contribution in [1.82, 2.24) is 9.55 Å². The van der Waals surface area contributed by atoms with Gasteiger partial charge in [0.25, 0.3) is 0 Å². The maximum atomic E-state index is 12.3. The van der Waals surface area contributed by atoms with Crippen molar-refractivity contribution in [3.05, 3.63) is 22.7 Å². The number of rotatable bonds is 8. The molecule has 0 aromatic carbocycles. The molecule has 1 aromatic rings. The van der Waals surface area contributed by atoms with Crippen LogP contribution in [0.3, 0.4) is 0 Å². The lowest BCUT2D eigenvalue weighted by atomic mass is 10.1. The zero-order chi connectivity index (χ0) is 22.6. The van der Waals surface area contributed by atoms with Gasteiger partial charge < -0.3 is 31.4 Å². The third-order valence-corrected chi connectivity index (χ3v) is 4.98. The summed E-state index contributed by atoms with van der Waals surface area (Å²) in [7, 11) is 0. The Morgan fingerprint density at radius 2 is 1.80 bits per heavy atom. The number of nitrogen functional groups attached to an aromatic ring is 1. The van der Waals surface area contributed by atoms with Crippen molar-refractivity contribution in [2.24, 2.45) is 23.3 Å². The van der Waals surface area contributed by atoms with E-state index in [1.807, 2.05) is 0 Å². The van der Waals surface area contributed by atoms with Gasteiger partial charge in [-0.05, 0) is 17.9 Å². The van der Waals surface area contributed by atoms with Gasteiger partial charge in [0.05, 0.1) is 0 Å². The number of carbonyl (C=O) groups is 2. The van der Waals surface area contributed by atoms with Gasteiger partial charge in [-0.25, -0.2) is 4.79 Å². The molecular formula is C19H31N5O6. The normalized spacial score (nSPS) is 23.4. The molecule has 0 spiro atoms. The molecule has 0 saturated carbocycles. The number of nitrogens with zero attached hydrogens (tertiary/aromatic N) is 2. The fourth-order valence-electron chi connectivity index (χ4n) is 2.82. The van der Waals surface area contributed by atoms with Gasteiger partial charge in [-0.15, -0.1) is 0 Å². The smallest absolute Gasteiger partial charge is 0.351 e. The highest BCUT2D eigenvalue weighted by Gasteiger charge is 2.41. The summed E-state index contributed by atoms with van der Waals surface area (Å²) in [4.78, 5) is 40.3. The third-order valence-electron chi connectivity index (χ3n) is 4.98. The molecule has 1 fully saturated rings. The number of hydrogen-bond donors (Lipinski definition) is 3. The van der Waals surface area contributed by atoms with Crippen molar-refractivity contribution in [3.63, 3.8) is 0 Å². The second kappa shape index (κ2) is 10.0. The molecule has 1 saturated heterocycles. The average Bonchev–Trinajstić information content (AvgIpc) is 3.06. The van der Waals surface area contributed by atoms with Crippen molar-refractivity contribution in [2.45, 2.75) is 64.6 Å². The van der Waals surface area contributed by atoms with Crippen LogP contribution in [-0.4, -0.2) is 52.4 Å². The molecule has 0 radical (unpaired) electrons. The van der Waals surface area contributed by atoms with Crippen LogP contribution in [0.2, 0.25) is 0 Å². The predicted molar refractivity (Wildman–Crippen MR) is 108 cm³/mol. The molecule has 0 bridgehead atoms. The minimum atomic E-state index is -0.817. The maximum absolute atomic E-state index is 12.3. The molecule has 1 unspecified atom stereocenters. The quantitative estimate of drug-likeness (QED) is 0.462. The van der Waals surface area contributed by atoms with Gasteiger partial charge in [0, 0.05) is 12.6 Å². The summed E-state index contributed by atoms with van der Waals surface area (Å²) in [5.74, 6) is -1.34. The Labute approximate surface area is 174 Å². The molecule has 2 rings (SSSR count). The lowest BCUT2D eigenvalue weighted by molar-refractivity contribution is -0.161. The van der Waals surface area contributed by atoms with E-state index in [9.17, 15) is 14.4 Å². The number of hydrogen-bond acceptors (Lipinski definition) is 10. The topological polar surface area (TPSA) is 175 Å². The fourth-order valence-corrected chi connectivity index (χ4v) is 2.82. The summed E-state index contributed by atoms with van der Waals surface area (Å²) in [6.45, 7) is 7.00. The SMILES string of the molecule is CC(C)[C@H](N)C(=O)OC[C@@H]1O[C@H](n2ccc(N)nc2=O)CC1OC(=O)[C@H](N)C(C)C. The van der Waals surface area contributed by atoms with Crippen molar-refractivity contribution in [1.29, 1.82) is 0 Å². The molecule has 168 valence electrons. The summed E-state index contributed by atoms with van der Waals surface area (Å²) >= 11 is 0. The third kappa shape index (κ3) is 5.77. The van der Waals surface area contributed by atoms with Crippen molar-refractivity contribution < 1.29 is 23.8 Å². The molecule has 6 N–H and O–H groups in total. The van der Waals surface area contributed by atoms with Gasteiger partial charge in [0.15, 0.2) is 0 Å². The summed E-state index contributed by atoms with van der Waals surface area (Å²) < 4.78 is 17.9. The molecule has 1 aromatic heterocycles. The van der Waals surface area contributed by atoms with E-state index in [2.05, 4.69) is 4.98 Å². The van der Waals surface area contributed by atoms with Crippen molar-refractivity contribution in [3.8, 4) is 0 Å². The Morgan fingerprint density at radius 3 is 2.37 bits per heavy atom. The standard InChI is InChI=1S/C19H31N5O6/c1-9(2)15(21)17(25)28-8-12-11(30-18(26)16(22)10(3)4)7-14(29-12)24-6-5-13(20)23-19(24)27/h5-6,9-12,14-16H,7-8,21-22H2,1-4H3,(H2,20,23,27)/t11?,12-,14-,15-,16+/m0/s1. The average molecular weight is 425 g/mol. The van der Waals surface area contributed by atoms with Gasteiger partial charge in [0.2, 0.25) is 0 Å². The monoisotopic (exact) mass is 425 g/mol. The zero-order valence-corrected chi connectivity index (χ0v) is 17.7. The number of carbonyl (C=O) groups excluding carboxylic acids is 2. The molecule has 11 nitrogen and oxygen atoms in total. The molecule has 1 aliphatic heterocycles. The summed E-state index contributed by atoms with van der Waals surface area (Å²) in [5, 5.41) is 0. The van der Waals surface area contributed by atoms with Crippen LogP contribution in [0.4, 0.5) is 5.82 Å². The Bertz CT molecular complexity index is 811. The molecule has 5 atom stereocenters. The highest BCUT2D eigenvalue weighted by atomic mass is 16.6. The molecule has 2 heterocycles. The highest BCUT2D eigenvalue weighted by molar-refractivity contribution is 5.76. The second-order valence-corrected chi connectivity index (χ2v) is 8.05. The van der Waals surface area contributed by atoms with E-state index < -0.39 is 48.1 Å². The van der Waals surface area contributed by atoms with Crippen molar-refractivity contribution >= 4 is 17.8 Å². The molecule has 1 aliphatic rings. The van der Waals surface area contributed by atoms with Crippen molar-refractivity contribution in [2.75, 3.05) is 12.3 Å². The number of aromatic nitrogens is 2. The van der Waals surface area contributed by atoms with Crippen LogP contribution >= 0.6 is 0 Å². The minimum Gasteiger partial charge on any atom is -0.462 e. The van der Waals surface area contributed by atoms with Gasteiger partial charge in [-0.1, -0.05) is 27.7 Å². The van der Waals surface area contributed by atoms with Gasteiger partial charge in [0.1, 0.15) is 42.9 Å². The van der Waals surface area contributed by atoms with Crippen LogP contribution in [-0.2, 0) is 23.8 Å². The number of esters is 2. The van der Waals surface area contributed by atoms with E-state index >= 15 is 0 Å². The highest BCUT2D eigenvalue weighted by Crippen LogP contribution is 2.31. The van der Waals surface area contributed by atoms with E-state index in [4.69, 9.17) is 31.4 Å². The lowest BCUT2D eigenvalue weighted by Gasteiger charge is -2.22. The Balaban J connectivity index is 2.16. The van der Waals surface area contributed by atoms with Gasteiger partial charge in [-0.2, -0.15) is 4.98 Å². The van der Waals surface area contributed by atoms with E-state index in [1.165, 1.54) is 16.8 Å². The first-order chi connectivity index (χ1) is 14.0. The van der Waals surface area contributed by atoms with E-state index in [1.54, 1.807) is 27.7 Å². The van der Waals surface area contributed by atoms with Crippen LogP contribution in [0.15, 0.2) is 17.1 Å². The van der Waals surface area contributed by atoms with Gasteiger partial charge in [-0.3, -0.25) is 14.2 Å². The van der Waals surface area contributed by atoms with Crippen LogP contribution in [0.25, 0.3) is 0 Å². The molecule has 0 aliphatic carbocycles. The summed E-state index contributed by atoms with van der Waals surface area (Å²) in [5.41, 5.74) is 16.6. The molecule has 0 amide bonds. The number of anilines is 1. The Hall–Kier alpha value is -2.50. The number of ether oxygens (including phenoxy) is 3. The van der Waals surface area contributed by atoms with E-state index in [0.29, 0.717) is 0 Å². The van der Waals surface area contributed by atoms with E-state index in [-0.39, 0.29) is 30.7 Å². The first-order valence-corrected chi connectivity index (χ1v) is 9.89. The second-order valence-electron chi connectivity index (χ2n) is 8.05. The summed E-state index contributed by atoms with van der Waals surface area (Å²) in [6.07, 6.45) is -0.760. The lowest BCUT2D eigenvalue weighted by Crippen LogP contribution is -2.42. The van der Waals surface area contributed by atoms with Crippen LogP contribution in [0.1, 0.15) is 40.3 Å².